The number of hydrogen-bond donors (Lipinski definition) is 3. The zero-order valence-corrected chi connectivity index (χ0v) is 20.2. The first-order chi connectivity index (χ1) is 15.2. The molecule has 0 radical (unpaired) electrons. The van der Waals surface area contributed by atoms with E-state index in [9.17, 15) is 18.0 Å². The van der Waals surface area contributed by atoms with Gasteiger partial charge < -0.3 is 10.6 Å². The largest absolute Gasteiger partial charge is 0.331 e. The number of rotatable bonds is 8. The standard InChI is InChI=1S/C22H26ClN3O4S2/c1-3-14-5-9-16(10-6-14)25-20(27)18(4-2)31-22-24-13-19(21(28)26-22)32(29,30)17-11-7-15(23)8-12-17/h5-12,18-19,22,24H,3-4,13H2,1-2H3,(H,25,27)(H,26,28). The van der Waals surface area contributed by atoms with Crippen LogP contribution in [0.2, 0.25) is 5.02 Å². The number of halogens is 1. The minimum atomic E-state index is -3.87. The quantitative estimate of drug-likeness (QED) is 0.519. The Hall–Kier alpha value is -2.07. The van der Waals surface area contributed by atoms with Gasteiger partial charge in [-0.15, -0.1) is 11.8 Å². The number of thioether (sulfide) groups is 1. The lowest BCUT2D eigenvalue weighted by Gasteiger charge is -2.31. The van der Waals surface area contributed by atoms with E-state index in [0.29, 0.717) is 17.1 Å². The van der Waals surface area contributed by atoms with Gasteiger partial charge in [0.05, 0.1) is 10.1 Å². The molecule has 0 aliphatic carbocycles. The molecule has 10 heteroatoms. The van der Waals surface area contributed by atoms with E-state index in [1.54, 1.807) is 0 Å². The molecule has 7 nitrogen and oxygen atoms in total. The van der Waals surface area contributed by atoms with E-state index in [2.05, 4.69) is 22.9 Å². The molecule has 0 saturated carbocycles. The van der Waals surface area contributed by atoms with E-state index in [-0.39, 0.29) is 17.3 Å². The first-order valence-corrected chi connectivity index (χ1v) is 13.2. The highest BCUT2D eigenvalue weighted by atomic mass is 35.5. The molecule has 1 heterocycles. The molecule has 1 saturated heterocycles. The number of aryl methyl sites for hydroxylation is 1. The number of sulfone groups is 1. The van der Waals surface area contributed by atoms with Crippen molar-refractivity contribution in [2.24, 2.45) is 0 Å². The predicted molar refractivity (Wildman–Crippen MR) is 128 cm³/mol. The van der Waals surface area contributed by atoms with Crippen LogP contribution in [0, 0.1) is 0 Å². The van der Waals surface area contributed by atoms with Crippen molar-refractivity contribution in [3.8, 4) is 0 Å². The summed E-state index contributed by atoms with van der Waals surface area (Å²) in [6, 6.07) is 13.4. The molecule has 2 amide bonds. The third kappa shape index (κ3) is 5.83. The Bertz CT molecular complexity index is 1060. The molecule has 2 aromatic carbocycles. The Morgan fingerprint density at radius 3 is 2.38 bits per heavy atom. The molecule has 3 rings (SSSR count). The van der Waals surface area contributed by atoms with E-state index < -0.39 is 31.7 Å². The molecule has 172 valence electrons. The molecule has 1 fully saturated rings. The lowest BCUT2D eigenvalue weighted by Crippen LogP contribution is -2.60. The number of nitrogens with one attached hydrogen (secondary N) is 3. The summed E-state index contributed by atoms with van der Waals surface area (Å²) < 4.78 is 25.7. The van der Waals surface area contributed by atoms with Gasteiger partial charge in [0, 0.05) is 17.3 Å². The molecular formula is C22H26ClN3O4S2. The van der Waals surface area contributed by atoms with Gasteiger partial charge in [0.15, 0.2) is 15.1 Å². The van der Waals surface area contributed by atoms with E-state index in [1.165, 1.54) is 41.6 Å². The summed E-state index contributed by atoms with van der Waals surface area (Å²) in [5.74, 6) is -0.768. The van der Waals surface area contributed by atoms with Gasteiger partial charge >= 0.3 is 0 Å². The van der Waals surface area contributed by atoms with E-state index in [4.69, 9.17) is 11.6 Å². The van der Waals surface area contributed by atoms with Crippen molar-refractivity contribution in [1.82, 2.24) is 10.6 Å². The molecule has 1 aliphatic rings. The first-order valence-electron chi connectivity index (χ1n) is 10.3. The minimum Gasteiger partial charge on any atom is -0.331 e. The van der Waals surface area contributed by atoms with Crippen LogP contribution in [0.25, 0.3) is 0 Å². The van der Waals surface area contributed by atoms with E-state index in [0.717, 1.165) is 6.42 Å². The fourth-order valence-electron chi connectivity index (χ4n) is 3.26. The van der Waals surface area contributed by atoms with Crippen molar-refractivity contribution in [3.05, 3.63) is 59.1 Å². The number of carbonyl (C=O) groups excluding carboxylic acids is 2. The molecule has 3 N–H and O–H groups in total. The topological polar surface area (TPSA) is 104 Å². The van der Waals surface area contributed by atoms with Crippen LogP contribution in [0.15, 0.2) is 53.4 Å². The van der Waals surface area contributed by atoms with E-state index >= 15 is 0 Å². The summed E-state index contributed by atoms with van der Waals surface area (Å²) in [6.07, 6.45) is 1.47. The second-order valence-electron chi connectivity index (χ2n) is 7.36. The molecule has 0 bridgehead atoms. The Labute approximate surface area is 197 Å². The van der Waals surface area contributed by atoms with Crippen LogP contribution < -0.4 is 16.0 Å². The Morgan fingerprint density at radius 2 is 1.81 bits per heavy atom. The van der Waals surface area contributed by atoms with Gasteiger partial charge in [-0.25, -0.2) is 8.42 Å². The molecule has 32 heavy (non-hydrogen) atoms. The Balaban J connectivity index is 1.60. The SMILES string of the molecule is CCc1ccc(NC(=O)C(CC)SC2NCC(S(=O)(=O)c3ccc(Cl)cc3)C(=O)N2)cc1. The fraction of sp³-hybridized carbons (Fsp3) is 0.364. The van der Waals surface area contributed by atoms with Gasteiger partial charge in [0.25, 0.3) is 0 Å². The van der Waals surface area contributed by atoms with Gasteiger partial charge in [0.2, 0.25) is 11.8 Å². The lowest BCUT2D eigenvalue weighted by molar-refractivity contribution is -0.122. The van der Waals surface area contributed by atoms with Gasteiger partial charge in [0.1, 0.15) is 5.50 Å². The van der Waals surface area contributed by atoms with Crippen LogP contribution in [0.4, 0.5) is 5.69 Å². The van der Waals surface area contributed by atoms with Crippen molar-refractivity contribution in [1.29, 1.82) is 0 Å². The molecule has 1 aliphatic heterocycles. The third-order valence-electron chi connectivity index (χ3n) is 5.16. The average molecular weight is 496 g/mol. The van der Waals surface area contributed by atoms with Crippen LogP contribution in [0.1, 0.15) is 25.8 Å². The maximum absolute atomic E-state index is 12.8. The number of amides is 2. The molecule has 3 unspecified atom stereocenters. The summed E-state index contributed by atoms with van der Waals surface area (Å²) in [4.78, 5) is 25.4. The fourth-order valence-corrected chi connectivity index (χ4v) is 5.97. The zero-order chi connectivity index (χ0) is 23.3. The number of hydrogen-bond acceptors (Lipinski definition) is 6. The first kappa shape index (κ1) is 24.6. The Morgan fingerprint density at radius 1 is 1.16 bits per heavy atom. The molecule has 2 aromatic rings. The Kier molecular flexibility index (Phi) is 8.21. The van der Waals surface area contributed by atoms with Crippen LogP contribution >= 0.6 is 23.4 Å². The highest BCUT2D eigenvalue weighted by Crippen LogP contribution is 2.25. The highest BCUT2D eigenvalue weighted by molar-refractivity contribution is 8.01. The molecule has 0 spiro atoms. The van der Waals surface area contributed by atoms with Gasteiger partial charge in [-0.05, 0) is 54.8 Å². The van der Waals surface area contributed by atoms with Crippen molar-refractivity contribution < 1.29 is 18.0 Å². The lowest BCUT2D eigenvalue weighted by atomic mass is 10.1. The van der Waals surface area contributed by atoms with Crippen LogP contribution in [-0.2, 0) is 25.8 Å². The van der Waals surface area contributed by atoms with Gasteiger partial charge in [-0.2, -0.15) is 0 Å². The van der Waals surface area contributed by atoms with Crippen LogP contribution in [-0.4, -0.2) is 42.8 Å². The van der Waals surface area contributed by atoms with Gasteiger partial charge in [-0.1, -0.05) is 37.6 Å². The second kappa shape index (κ2) is 10.7. The number of carbonyl (C=O) groups is 2. The van der Waals surface area contributed by atoms with Crippen LogP contribution in [0.5, 0.6) is 0 Å². The average Bonchev–Trinajstić information content (AvgIpc) is 2.78. The minimum absolute atomic E-state index is 0.0369. The number of benzene rings is 2. The summed E-state index contributed by atoms with van der Waals surface area (Å²) in [5, 5.41) is 7.34. The normalized spacial score (nSPS) is 19.8. The third-order valence-corrected chi connectivity index (χ3v) is 8.91. The molecule has 3 atom stereocenters. The van der Waals surface area contributed by atoms with Crippen molar-refractivity contribution in [3.63, 3.8) is 0 Å². The van der Waals surface area contributed by atoms with Crippen LogP contribution in [0.3, 0.4) is 0 Å². The van der Waals surface area contributed by atoms with Crippen molar-refractivity contribution >= 4 is 50.7 Å². The maximum Gasteiger partial charge on any atom is 0.241 e. The summed E-state index contributed by atoms with van der Waals surface area (Å²) in [7, 11) is -3.87. The maximum atomic E-state index is 12.8. The highest BCUT2D eigenvalue weighted by Gasteiger charge is 2.39. The summed E-state index contributed by atoms with van der Waals surface area (Å²) in [6.45, 7) is 3.90. The smallest absolute Gasteiger partial charge is 0.241 e. The van der Waals surface area contributed by atoms with Gasteiger partial charge in [-0.3, -0.25) is 14.9 Å². The number of anilines is 1. The summed E-state index contributed by atoms with van der Waals surface area (Å²) in [5.41, 5.74) is 1.32. The monoisotopic (exact) mass is 495 g/mol. The van der Waals surface area contributed by atoms with Crippen molar-refractivity contribution in [2.45, 2.75) is 47.6 Å². The predicted octanol–water partition coefficient (Wildman–Crippen LogP) is 3.20. The molecule has 0 aromatic heterocycles. The zero-order valence-electron chi connectivity index (χ0n) is 17.8. The summed E-state index contributed by atoms with van der Waals surface area (Å²) >= 11 is 7.07. The van der Waals surface area contributed by atoms with Crippen molar-refractivity contribution in [2.75, 3.05) is 11.9 Å². The second-order valence-corrected chi connectivity index (χ2v) is 11.2. The molecular weight excluding hydrogens is 470 g/mol. The van der Waals surface area contributed by atoms with E-state index in [1.807, 2.05) is 31.2 Å².